The lowest BCUT2D eigenvalue weighted by Gasteiger charge is -2.30. The minimum Gasteiger partial charge on any atom is -0.481 e. The molecular formula is C15H21NO4S. The third-order valence-corrected chi connectivity index (χ3v) is 4.77. The van der Waals surface area contributed by atoms with Gasteiger partial charge in [0.15, 0.2) is 0 Å². The zero-order valence-electron chi connectivity index (χ0n) is 12.9. The van der Waals surface area contributed by atoms with E-state index in [1.807, 2.05) is 27.7 Å². The Morgan fingerprint density at radius 2 is 2.05 bits per heavy atom. The average Bonchev–Trinajstić information content (AvgIpc) is 2.63. The van der Waals surface area contributed by atoms with Gasteiger partial charge >= 0.3 is 12.1 Å². The van der Waals surface area contributed by atoms with Crippen molar-refractivity contribution in [1.29, 1.82) is 0 Å². The summed E-state index contributed by atoms with van der Waals surface area (Å²) in [6, 6.07) is 0. The molecule has 5 nitrogen and oxygen atoms in total. The number of carbonyl (C=O) groups is 2. The molecule has 1 aliphatic rings. The van der Waals surface area contributed by atoms with Crippen LogP contribution < -0.4 is 0 Å². The SMILES string of the molecule is Cc1c(CC(=O)O)sc2c1CN(C(=O)OC(C)(C)C)CC2. The van der Waals surface area contributed by atoms with Crippen LogP contribution in [0.4, 0.5) is 4.79 Å². The van der Waals surface area contributed by atoms with Gasteiger partial charge in [-0.3, -0.25) is 4.79 Å². The number of amides is 1. The van der Waals surface area contributed by atoms with Gasteiger partial charge in [-0.1, -0.05) is 0 Å². The Balaban J connectivity index is 2.15. The van der Waals surface area contributed by atoms with Crippen molar-refractivity contribution >= 4 is 23.4 Å². The van der Waals surface area contributed by atoms with E-state index < -0.39 is 11.6 Å². The van der Waals surface area contributed by atoms with Crippen LogP contribution in [-0.4, -0.2) is 34.2 Å². The second-order valence-corrected chi connectivity index (χ2v) is 7.46. The first-order valence-corrected chi connectivity index (χ1v) is 7.79. The molecule has 1 aromatic rings. The Labute approximate surface area is 128 Å². The molecule has 0 saturated carbocycles. The van der Waals surface area contributed by atoms with Crippen LogP contribution in [0.2, 0.25) is 0 Å². The number of fused-ring (bicyclic) bond motifs is 1. The Hall–Kier alpha value is -1.56. The fourth-order valence-electron chi connectivity index (χ4n) is 2.37. The van der Waals surface area contributed by atoms with E-state index in [0.717, 1.165) is 22.4 Å². The molecule has 0 aromatic carbocycles. The van der Waals surface area contributed by atoms with Crippen LogP contribution in [-0.2, 0) is 28.9 Å². The Bertz CT molecular complexity index is 571. The number of nitrogens with zero attached hydrogens (tertiary/aromatic N) is 1. The van der Waals surface area contributed by atoms with Crippen LogP contribution in [0, 0.1) is 6.92 Å². The van der Waals surface area contributed by atoms with E-state index >= 15 is 0 Å². The van der Waals surface area contributed by atoms with Crippen molar-refractivity contribution in [2.75, 3.05) is 6.54 Å². The zero-order chi connectivity index (χ0) is 15.8. The van der Waals surface area contributed by atoms with E-state index in [4.69, 9.17) is 9.84 Å². The molecule has 0 saturated heterocycles. The summed E-state index contributed by atoms with van der Waals surface area (Å²) < 4.78 is 5.40. The van der Waals surface area contributed by atoms with Gasteiger partial charge in [0.05, 0.1) is 13.0 Å². The molecule has 0 aliphatic carbocycles. The number of ether oxygens (including phenoxy) is 1. The number of thiophene rings is 1. The molecule has 1 aromatic heterocycles. The van der Waals surface area contributed by atoms with Crippen molar-refractivity contribution in [3.63, 3.8) is 0 Å². The molecule has 0 unspecified atom stereocenters. The molecule has 1 N–H and O–H groups in total. The predicted molar refractivity (Wildman–Crippen MR) is 80.7 cm³/mol. The van der Waals surface area contributed by atoms with E-state index in [9.17, 15) is 9.59 Å². The summed E-state index contributed by atoms with van der Waals surface area (Å²) in [7, 11) is 0. The minimum absolute atomic E-state index is 0.0515. The van der Waals surface area contributed by atoms with E-state index in [1.54, 1.807) is 16.2 Å². The predicted octanol–water partition coefficient (Wildman–Crippen LogP) is 2.98. The molecule has 1 aliphatic heterocycles. The number of carbonyl (C=O) groups excluding carboxylic acids is 1. The van der Waals surface area contributed by atoms with Crippen molar-refractivity contribution in [2.45, 2.75) is 52.7 Å². The van der Waals surface area contributed by atoms with Crippen LogP contribution in [0.5, 0.6) is 0 Å². The van der Waals surface area contributed by atoms with Gasteiger partial charge in [0.2, 0.25) is 0 Å². The number of hydrogen-bond donors (Lipinski definition) is 1. The first-order chi connectivity index (χ1) is 9.67. The Morgan fingerprint density at radius 1 is 1.38 bits per heavy atom. The molecule has 0 fully saturated rings. The lowest BCUT2D eigenvalue weighted by Crippen LogP contribution is -2.39. The van der Waals surface area contributed by atoms with E-state index in [1.165, 1.54) is 4.88 Å². The van der Waals surface area contributed by atoms with Gasteiger partial charge < -0.3 is 14.7 Å². The molecule has 21 heavy (non-hydrogen) atoms. The largest absolute Gasteiger partial charge is 0.481 e. The highest BCUT2D eigenvalue weighted by Gasteiger charge is 2.28. The molecule has 0 atom stereocenters. The summed E-state index contributed by atoms with van der Waals surface area (Å²) in [5.74, 6) is -0.819. The number of hydrogen-bond acceptors (Lipinski definition) is 4. The van der Waals surface area contributed by atoms with Gasteiger partial charge in [0.1, 0.15) is 5.60 Å². The average molecular weight is 311 g/mol. The summed E-state index contributed by atoms with van der Waals surface area (Å²) >= 11 is 1.56. The zero-order valence-corrected chi connectivity index (χ0v) is 13.7. The minimum atomic E-state index is -0.819. The van der Waals surface area contributed by atoms with E-state index in [-0.39, 0.29) is 12.5 Å². The third kappa shape index (κ3) is 3.75. The van der Waals surface area contributed by atoms with E-state index in [2.05, 4.69) is 0 Å². The standard InChI is InChI=1S/C15H21NO4S/c1-9-10-8-16(14(19)20-15(2,3)4)6-5-11(10)21-12(9)7-13(17)18/h5-8H2,1-4H3,(H,17,18). The molecule has 2 rings (SSSR count). The van der Waals surface area contributed by atoms with Gasteiger partial charge in [-0.2, -0.15) is 0 Å². The summed E-state index contributed by atoms with van der Waals surface area (Å²) in [5.41, 5.74) is 1.59. The second kappa shape index (κ2) is 5.67. The molecule has 2 heterocycles. The van der Waals surface area contributed by atoms with Gasteiger partial charge in [-0.25, -0.2) is 4.79 Å². The smallest absolute Gasteiger partial charge is 0.410 e. The van der Waals surface area contributed by atoms with Crippen molar-refractivity contribution in [3.8, 4) is 0 Å². The van der Waals surface area contributed by atoms with Crippen molar-refractivity contribution in [2.24, 2.45) is 0 Å². The quantitative estimate of drug-likeness (QED) is 0.912. The first-order valence-electron chi connectivity index (χ1n) is 6.97. The van der Waals surface area contributed by atoms with Crippen LogP contribution in [0.15, 0.2) is 0 Å². The highest BCUT2D eigenvalue weighted by atomic mass is 32.1. The molecule has 0 bridgehead atoms. The highest BCUT2D eigenvalue weighted by molar-refractivity contribution is 7.12. The molecule has 6 heteroatoms. The fraction of sp³-hybridized carbons (Fsp3) is 0.600. The van der Waals surface area contributed by atoms with Crippen LogP contribution in [0.25, 0.3) is 0 Å². The van der Waals surface area contributed by atoms with Crippen LogP contribution >= 0.6 is 11.3 Å². The first kappa shape index (κ1) is 15.8. The fourth-order valence-corrected chi connectivity index (χ4v) is 3.67. The van der Waals surface area contributed by atoms with Crippen LogP contribution in [0.3, 0.4) is 0 Å². The van der Waals surface area contributed by atoms with E-state index in [0.29, 0.717) is 13.1 Å². The molecule has 116 valence electrons. The molecular weight excluding hydrogens is 290 g/mol. The summed E-state index contributed by atoms with van der Waals surface area (Å²) in [4.78, 5) is 26.8. The van der Waals surface area contributed by atoms with Crippen molar-refractivity contribution < 1.29 is 19.4 Å². The second-order valence-electron chi connectivity index (χ2n) is 6.27. The maximum atomic E-state index is 12.1. The topological polar surface area (TPSA) is 66.8 Å². The maximum absolute atomic E-state index is 12.1. The Kier molecular flexibility index (Phi) is 4.27. The number of carboxylic acid groups (broad SMARTS) is 1. The highest BCUT2D eigenvalue weighted by Crippen LogP contribution is 2.33. The van der Waals surface area contributed by atoms with Crippen molar-refractivity contribution in [1.82, 2.24) is 4.90 Å². The monoisotopic (exact) mass is 311 g/mol. The molecule has 1 amide bonds. The summed E-state index contributed by atoms with van der Waals surface area (Å²) in [6.45, 7) is 8.61. The molecule has 0 radical (unpaired) electrons. The normalized spacial score (nSPS) is 14.8. The lowest BCUT2D eigenvalue weighted by atomic mass is 10.0. The lowest BCUT2D eigenvalue weighted by molar-refractivity contribution is -0.136. The number of rotatable bonds is 2. The molecule has 0 spiro atoms. The number of aliphatic carboxylic acids is 1. The summed E-state index contributed by atoms with van der Waals surface area (Å²) in [6.07, 6.45) is 0.508. The maximum Gasteiger partial charge on any atom is 0.410 e. The Morgan fingerprint density at radius 3 is 2.62 bits per heavy atom. The van der Waals surface area contributed by atoms with Gasteiger partial charge in [0, 0.05) is 16.3 Å². The van der Waals surface area contributed by atoms with Crippen molar-refractivity contribution in [3.05, 3.63) is 20.9 Å². The van der Waals surface area contributed by atoms with Gasteiger partial charge in [-0.15, -0.1) is 11.3 Å². The number of carboxylic acids is 1. The summed E-state index contributed by atoms with van der Waals surface area (Å²) in [5, 5.41) is 8.94. The van der Waals surface area contributed by atoms with Gasteiger partial charge in [-0.05, 0) is 45.2 Å². The third-order valence-electron chi connectivity index (χ3n) is 3.38. The van der Waals surface area contributed by atoms with Gasteiger partial charge in [0.25, 0.3) is 0 Å². The van der Waals surface area contributed by atoms with Crippen LogP contribution in [0.1, 0.15) is 41.7 Å².